The minimum atomic E-state index is -0.791. The molecule has 1 fully saturated rings. The fourth-order valence-corrected chi connectivity index (χ4v) is 3.65. The lowest BCUT2D eigenvalue weighted by molar-refractivity contribution is 0.0903. The summed E-state index contributed by atoms with van der Waals surface area (Å²) < 4.78 is 6.07. The highest BCUT2D eigenvalue weighted by molar-refractivity contribution is 6.01. The molecule has 0 saturated carbocycles. The Morgan fingerprint density at radius 3 is 2.53 bits per heavy atom. The van der Waals surface area contributed by atoms with Crippen LogP contribution in [0.15, 0.2) is 39.9 Å². The maximum Gasteiger partial charge on any atom is 0.330 e. The summed E-state index contributed by atoms with van der Waals surface area (Å²) in [6.07, 6.45) is 1.32. The number of hydrogen-bond donors (Lipinski definition) is 4. The van der Waals surface area contributed by atoms with Crippen molar-refractivity contribution in [3.8, 4) is 0 Å². The topological polar surface area (TPSA) is 152 Å². The predicted octanol–water partition coefficient (Wildman–Crippen LogP) is 0.234. The second-order valence-electron chi connectivity index (χ2n) is 7.60. The van der Waals surface area contributed by atoms with E-state index in [9.17, 15) is 19.2 Å². The lowest BCUT2D eigenvalue weighted by atomic mass is 10.0. The van der Waals surface area contributed by atoms with Gasteiger partial charge in [0.1, 0.15) is 11.4 Å². The number of Topliss-reactive ketones (excluding diaryl/α,β-unsaturated/α-hetero) is 1. The number of nitrogens with zero attached hydrogens (tertiary/aromatic N) is 2. The van der Waals surface area contributed by atoms with Crippen molar-refractivity contribution in [1.82, 2.24) is 19.8 Å². The molecule has 11 nitrogen and oxygen atoms in total. The van der Waals surface area contributed by atoms with E-state index >= 15 is 0 Å². The number of nitrogens with one attached hydrogen (secondary N) is 3. The van der Waals surface area contributed by atoms with E-state index in [0.29, 0.717) is 31.6 Å². The van der Waals surface area contributed by atoms with Crippen LogP contribution >= 0.6 is 0 Å². The van der Waals surface area contributed by atoms with E-state index in [1.54, 1.807) is 12.1 Å². The molecular weight excluding hydrogens is 416 g/mol. The number of carbonyl (C=O) groups excluding carboxylic acids is 2. The molecule has 3 rings (SSSR count). The van der Waals surface area contributed by atoms with Crippen molar-refractivity contribution in [2.45, 2.75) is 25.4 Å². The normalized spacial score (nSPS) is 14.8. The van der Waals surface area contributed by atoms with Crippen molar-refractivity contribution >= 4 is 23.3 Å². The largest absolute Gasteiger partial charge is 0.384 e. The number of nitrogens with two attached hydrogens (primary N) is 1. The first-order valence-electron chi connectivity index (χ1n) is 10.4. The van der Waals surface area contributed by atoms with Gasteiger partial charge in [0.25, 0.3) is 5.56 Å². The number of benzene rings is 1. The first-order valence-corrected chi connectivity index (χ1v) is 10.4. The van der Waals surface area contributed by atoms with Crippen LogP contribution in [0.3, 0.4) is 0 Å². The van der Waals surface area contributed by atoms with Crippen molar-refractivity contribution in [1.29, 1.82) is 0 Å². The minimum absolute atomic E-state index is 0.00130. The number of rotatable bonds is 8. The number of anilines is 2. The van der Waals surface area contributed by atoms with Crippen LogP contribution in [0.2, 0.25) is 0 Å². The van der Waals surface area contributed by atoms with Crippen molar-refractivity contribution in [2.24, 2.45) is 0 Å². The molecule has 32 heavy (non-hydrogen) atoms. The molecule has 0 bridgehead atoms. The average molecular weight is 444 g/mol. The van der Waals surface area contributed by atoms with Gasteiger partial charge in [-0.25, -0.2) is 9.59 Å². The fraction of sp³-hybridized carbons (Fsp3) is 0.429. The molecule has 1 saturated heterocycles. The van der Waals surface area contributed by atoms with Crippen LogP contribution in [0.4, 0.5) is 16.3 Å². The zero-order valence-electron chi connectivity index (χ0n) is 17.9. The van der Waals surface area contributed by atoms with Gasteiger partial charge in [-0.2, -0.15) is 0 Å². The van der Waals surface area contributed by atoms with Crippen molar-refractivity contribution < 1.29 is 14.3 Å². The van der Waals surface area contributed by atoms with Crippen LogP contribution in [0, 0.1) is 0 Å². The molecule has 1 aromatic carbocycles. The molecule has 0 radical (unpaired) electrons. The van der Waals surface area contributed by atoms with Crippen molar-refractivity contribution in [2.75, 3.05) is 44.4 Å². The van der Waals surface area contributed by atoms with Crippen LogP contribution in [-0.2, 0) is 11.3 Å². The predicted molar refractivity (Wildman–Crippen MR) is 120 cm³/mol. The number of hydrogen-bond acceptors (Lipinski definition) is 7. The number of ether oxygens (including phenoxy) is 1. The molecule has 0 spiro atoms. The van der Waals surface area contributed by atoms with E-state index in [1.165, 1.54) is 7.11 Å². The van der Waals surface area contributed by atoms with Gasteiger partial charge in [-0.15, -0.1) is 0 Å². The van der Waals surface area contributed by atoms with Gasteiger partial charge in [0.05, 0.1) is 19.7 Å². The third-order valence-electron chi connectivity index (χ3n) is 5.36. The minimum Gasteiger partial charge on any atom is -0.384 e. The monoisotopic (exact) mass is 444 g/mol. The highest BCUT2D eigenvalue weighted by Gasteiger charge is 2.25. The molecule has 0 aliphatic carbocycles. The summed E-state index contributed by atoms with van der Waals surface area (Å²) in [4.78, 5) is 53.2. The van der Waals surface area contributed by atoms with Gasteiger partial charge in [-0.05, 0) is 25.0 Å². The number of likely N-dealkylation sites (tertiary alicyclic amines) is 1. The molecule has 2 aromatic rings. The Labute approximate surface area is 184 Å². The van der Waals surface area contributed by atoms with Gasteiger partial charge in [-0.1, -0.05) is 18.2 Å². The summed E-state index contributed by atoms with van der Waals surface area (Å²) in [5, 5.41) is 5.72. The molecule has 5 N–H and O–H groups in total. The molecule has 1 aliphatic heterocycles. The first kappa shape index (κ1) is 23.2. The molecule has 0 unspecified atom stereocenters. The first-order chi connectivity index (χ1) is 15.4. The van der Waals surface area contributed by atoms with Crippen LogP contribution in [-0.4, -0.2) is 65.7 Å². The quantitative estimate of drug-likeness (QED) is 0.426. The molecule has 2 heterocycles. The van der Waals surface area contributed by atoms with Crippen LogP contribution in [0.5, 0.6) is 0 Å². The Kier molecular flexibility index (Phi) is 7.79. The number of para-hydroxylation sites is 1. The SMILES string of the molecule is COCCn1c(N)c(C(=O)CN2CCC(NC(=O)Nc3ccccc3)CC2)c(=O)[nH]c1=O. The number of aromatic amines is 1. The Bertz CT molecular complexity index is 1060. The summed E-state index contributed by atoms with van der Waals surface area (Å²) in [5.74, 6) is -0.613. The van der Waals surface area contributed by atoms with E-state index in [-0.39, 0.29) is 43.2 Å². The van der Waals surface area contributed by atoms with Gasteiger partial charge in [0, 0.05) is 31.9 Å². The number of aromatic nitrogens is 2. The molecular formula is C21H28N6O5. The Morgan fingerprint density at radius 1 is 1.19 bits per heavy atom. The molecule has 2 amide bonds. The number of amides is 2. The summed E-state index contributed by atoms with van der Waals surface area (Å²) in [5.41, 5.74) is 4.99. The second kappa shape index (κ2) is 10.7. The Balaban J connectivity index is 1.55. The highest BCUT2D eigenvalue weighted by Crippen LogP contribution is 2.13. The van der Waals surface area contributed by atoms with Gasteiger partial charge in [0.15, 0.2) is 5.78 Å². The number of nitrogen functional groups attached to an aromatic ring is 1. The summed E-state index contributed by atoms with van der Waals surface area (Å²) in [7, 11) is 1.47. The smallest absolute Gasteiger partial charge is 0.330 e. The number of piperidine rings is 1. The van der Waals surface area contributed by atoms with E-state index < -0.39 is 17.0 Å². The number of urea groups is 1. The molecule has 11 heteroatoms. The summed E-state index contributed by atoms with van der Waals surface area (Å²) in [6.45, 7) is 1.48. The zero-order chi connectivity index (χ0) is 23.1. The number of methoxy groups -OCH3 is 1. The van der Waals surface area contributed by atoms with Crippen molar-refractivity contribution in [3.05, 3.63) is 56.7 Å². The maximum absolute atomic E-state index is 12.8. The van der Waals surface area contributed by atoms with E-state index in [2.05, 4.69) is 15.6 Å². The van der Waals surface area contributed by atoms with Crippen LogP contribution in [0.1, 0.15) is 23.2 Å². The molecule has 0 atom stereocenters. The van der Waals surface area contributed by atoms with Gasteiger partial charge >= 0.3 is 11.7 Å². The van der Waals surface area contributed by atoms with Gasteiger partial charge in [0.2, 0.25) is 0 Å². The lowest BCUT2D eigenvalue weighted by Gasteiger charge is -2.31. The van der Waals surface area contributed by atoms with Crippen molar-refractivity contribution in [3.63, 3.8) is 0 Å². The van der Waals surface area contributed by atoms with E-state index in [1.807, 2.05) is 23.1 Å². The fourth-order valence-electron chi connectivity index (χ4n) is 3.65. The number of carbonyl (C=O) groups is 2. The third kappa shape index (κ3) is 5.83. The van der Waals surface area contributed by atoms with Gasteiger partial charge < -0.3 is 21.1 Å². The van der Waals surface area contributed by atoms with Crippen LogP contribution in [0.25, 0.3) is 0 Å². The van der Waals surface area contributed by atoms with E-state index in [0.717, 1.165) is 4.57 Å². The second-order valence-corrected chi connectivity index (χ2v) is 7.60. The van der Waals surface area contributed by atoms with Gasteiger partial charge in [-0.3, -0.25) is 24.0 Å². The maximum atomic E-state index is 12.8. The number of H-pyrrole nitrogens is 1. The third-order valence-corrected chi connectivity index (χ3v) is 5.36. The highest BCUT2D eigenvalue weighted by atomic mass is 16.5. The zero-order valence-corrected chi connectivity index (χ0v) is 17.9. The lowest BCUT2D eigenvalue weighted by Crippen LogP contribution is -2.47. The van der Waals surface area contributed by atoms with Crippen LogP contribution < -0.4 is 27.6 Å². The average Bonchev–Trinajstić information content (AvgIpc) is 2.75. The van der Waals surface area contributed by atoms with E-state index in [4.69, 9.17) is 10.5 Å². The standard InChI is InChI=1S/C21H28N6O5/c1-32-12-11-27-18(22)17(19(29)25-21(27)31)16(28)13-26-9-7-15(8-10-26)24-20(30)23-14-5-3-2-4-6-14/h2-6,15H,7-13,22H2,1H3,(H2,23,24,30)(H,25,29,31). The Hall–Kier alpha value is -3.44. The Morgan fingerprint density at radius 2 is 1.88 bits per heavy atom. The summed E-state index contributed by atoms with van der Waals surface area (Å²) >= 11 is 0. The molecule has 172 valence electrons. The molecule has 1 aromatic heterocycles. The molecule has 1 aliphatic rings. The summed E-state index contributed by atoms with van der Waals surface area (Å²) in [6, 6.07) is 8.87. The number of ketones is 1.